The molecule has 134 valence electrons. The molecule has 1 amide bonds. The molecule has 0 spiro atoms. The van der Waals surface area contributed by atoms with E-state index in [1.165, 1.54) is 0 Å². The van der Waals surface area contributed by atoms with Gasteiger partial charge in [-0.25, -0.2) is 9.97 Å². The zero-order valence-corrected chi connectivity index (χ0v) is 14.8. The SMILES string of the molecule is Cc1cc(C(=O)NC2CCN(c3nccc(-c4ccc[nH]4)n3)C2)c(C)o1. The highest BCUT2D eigenvalue weighted by molar-refractivity contribution is 5.95. The highest BCUT2D eigenvalue weighted by Gasteiger charge is 2.27. The molecule has 0 bridgehead atoms. The summed E-state index contributed by atoms with van der Waals surface area (Å²) in [7, 11) is 0. The molecular weight excluding hydrogens is 330 g/mol. The van der Waals surface area contributed by atoms with E-state index >= 15 is 0 Å². The van der Waals surface area contributed by atoms with Crippen LogP contribution in [0.25, 0.3) is 11.4 Å². The van der Waals surface area contributed by atoms with Crippen LogP contribution in [0.1, 0.15) is 28.3 Å². The maximum absolute atomic E-state index is 12.5. The lowest BCUT2D eigenvalue weighted by Crippen LogP contribution is -2.37. The Balaban J connectivity index is 1.43. The molecule has 2 N–H and O–H groups in total. The average molecular weight is 351 g/mol. The summed E-state index contributed by atoms with van der Waals surface area (Å²) < 4.78 is 5.44. The van der Waals surface area contributed by atoms with Crippen LogP contribution in [0.15, 0.2) is 41.1 Å². The number of H-pyrrole nitrogens is 1. The third-order valence-corrected chi connectivity index (χ3v) is 4.61. The van der Waals surface area contributed by atoms with Crippen molar-refractivity contribution in [2.24, 2.45) is 0 Å². The van der Waals surface area contributed by atoms with Crippen molar-refractivity contribution in [2.75, 3.05) is 18.0 Å². The molecule has 1 unspecified atom stereocenters. The number of anilines is 1. The van der Waals surface area contributed by atoms with E-state index in [4.69, 9.17) is 4.42 Å². The van der Waals surface area contributed by atoms with Gasteiger partial charge in [-0.3, -0.25) is 4.79 Å². The minimum atomic E-state index is -0.0905. The van der Waals surface area contributed by atoms with Crippen molar-refractivity contribution in [3.05, 3.63) is 53.7 Å². The van der Waals surface area contributed by atoms with Gasteiger partial charge in [0.05, 0.1) is 17.0 Å². The maximum Gasteiger partial charge on any atom is 0.255 e. The van der Waals surface area contributed by atoms with Crippen molar-refractivity contribution < 1.29 is 9.21 Å². The Bertz CT molecular complexity index is 916. The molecule has 1 aliphatic heterocycles. The second-order valence-corrected chi connectivity index (χ2v) is 6.56. The van der Waals surface area contributed by atoms with E-state index in [1.54, 1.807) is 12.3 Å². The fourth-order valence-electron chi connectivity index (χ4n) is 3.32. The molecule has 4 heterocycles. The molecule has 3 aromatic heterocycles. The van der Waals surface area contributed by atoms with Crippen LogP contribution >= 0.6 is 0 Å². The van der Waals surface area contributed by atoms with Gasteiger partial charge in [0, 0.05) is 31.5 Å². The second kappa shape index (κ2) is 6.67. The normalized spacial score (nSPS) is 16.8. The number of carbonyl (C=O) groups is 1. The van der Waals surface area contributed by atoms with Crippen molar-refractivity contribution in [3.63, 3.8) is 0 Å². The number of aryl methyl sites for hydroxylation is 2. The summed E-state index contributed by atoms with van der Waals surface area (Å²) in [5, 5.41) is 3.09. The number of hydrogen-bond donors (Lipinski definition) is 2. The molecule has 0 aromatic carbocycles. The van der Waals surface area contributed by atoms with E-state index < -0.39 is 0 Å². The molecule has 26 heavy (non-hydrogen) atoms. The Labute approximate surface area is 151 Å². The van der Waals surface area contributed by atoms with Gasteiger partial charge in [-0.05, 0) is 44.5 Å². The second-order valence-electron chi connectivity index (χ2n) is 6.56. The van der Waals surface area contributed by atoms with E-state index in [1.807, 2.05) is 38.2 Å². The highest BCUT2D eigenvalue weighted by atomic mass is 16.3. The number of nitrogens with one attached hydrogen (secondary N) is 2. The summed E-state index contributed by atoms with van der Waals surface area (Å²) in [6, 6.07) is 7.65. The van der Waals surface area contributed by atoms with E-state index in [-0.39, 0.29) is 11.9 Å². The third kappa shape index (κ3) is 3.20. The fourth-order valence-corrected chi connectivity index (χ4v) is 3.32. The average Bonchev–Trinajstić information content (AvgIpc) is 3.36. The van der Waals surface area contributed by atoms with Gasteiger partial charge in [0.15, 0.2) is 0 Å². The lowest BCUT2D eigenvalue weighted by molar-refractivity contribution is 0.0939. The predicted molar refractivity (Wildman–Crippen MR) is 98.1 cm³/mol. The minimum absolute atomic E-state index is 0.0647. The number of rotatable bonds is 4. The summed E-state index contributed by atoms with van der Waals surface area (Å²) >= 11 is 0. The van der Waals surface area contributed by atoms with Gasteiger partial charge in [-0.15, -0.1) is 0 Å². The molecule has 7 nitrogen and oxygen atoms in total. The first kappa shape index (κ1) is 16.4. The number of carbonyl (C=O) groups excluding carboxylic acids is 1. The Morgan fingerprint density at radius 3 is 3.00 bits per heavy atom. The number of amides is 1. The van der Waals surface area contributed by atoms with Gasteiger partial charge in [0.25, 0.3) is 5.91 Å². The first-order chi connectivity index (χ1) is 12.6. The fraction of sp³-hybridized carbons (Fsp3) is 0.316. The highest BCUT2D eigenvalue weighted by Crippen LogP contribution is 2.21. The molecule has 3 aromatic rings. The Morgan fingerprint density at radius 1 is 1.38 bits per heavy atom. The Morgan fingerprint density at radius 2 is 2.27 bits per heavy atom. The lowest BCUT2D eigenvalue weighted by atomic mass is 10.2. The lowest BCUT2D eigenvalue weighted by Gasteiger charge is -2.17. The van der Waals surface area contributed by atoms with Crippen LogP contribution in [0, 0.1) is 13.8 Å². The topological polar surface area (TPSA) is 87.0 Å². The summed E-state index contributed by atoms with van der Waals surface area (Å²) in [6.45, 7) is 5.15. The van der Waals surface area contributed by atoms with Gasteiger partial charge in [-0.2, -0.15) is 0 Å². The van der Waals surface area contributed by atoms with Crippen LogP contribution in [0.3, 0.4) is 0 Å². The molecule has 1 fully saturated rings. The van der Waals surface area contributed by atoms with E-state index in [2.05, 4.69) is 25.2 Å². The van der Waals surface area contributed by atoms with Gasteiger partial charge >= 0.3 is 0 Å². The van der Waals surface area contributed by atoms with Crippen molar-refractivity contribution in [3.8, 4) is 11.4 Å². The number of furan rings is 1. The third-order valence-electron chi connectivity index (χ3n) is 4.61. The predicted octanol–water partition coefficient (Wildman–Crippen LogP) is 2.69. The van der Waals surface area contributed by atoms with Crippen LogP contribution in [0.5, 0.6) is 0 Å². The summed E-state index contributed by atoms with van der Waals surface area (Å²) in [5.41, 5.74) is 2.42. The molecule has 0 aliphatic carbocycles. The maximum atomic E-state index is 12.5. The summed E-state index contributed by atoms with van der Waals surface area (Å²) in [4.78, 5) is 26.8. The zero-order chi connectivity index (χ0) is 18.1. The van der Waals surface area contributed by atoms with Gasteiger partial charge in [-0.1, -0.05) is 0 Å². The van der Waals surface area contributed by atoms with Gasteiger partial charge in [0.1, 0.15) is 11.5 Å². The molecule has 0 radical (unpaired) electrons. The molecule has 0 saturated carbocycles. The Kier molecular flexibility index (Phi) is 4.20. The van der Waals surface area contributed by atoms with Gasteiger partial charge in [0.2, 0.25) is 5.95 Å². The van der Waals surface area contributed by atoms with E-state index in [9.17, 15) is 4.79 Å². The van der Waals surface area contributed by atoms with Gasteiger partial charge < -0.3 is 19.6 Å². The van der Waals surface area contributed by atoms with Crippen LogP contribution < -0.4 is 10.2 Å². The van der Waals surface area contributed by atoms with E-state index in [0.29, 0.717) is 23.8 Å². The number of aromatic nitrogens is 3. The first-order valence-electron chi connectivity index (χ1n) is 8.70. The number of nitrogens with zero attached hydrogens (tertiary/aromatic N) is 3. The molecule has 1 saturated heterocycles. The van der Waals surface area contributed by atoms with Crippen molar-refractivity contribution in [1.29, 1.82) is 0 Å². The molecule has 1 atom stereocenters. The standard InChI is InChI=1S/C19H21N5O2/c1-12-10-15(13(2)26-12)18(25)22-14-6-9-24(11-14)19-21-8-5-17(23-19)16-4-3-7-20-16/h3-5,7-8,10,14,20H,6,9,11H2,1-2H3,(H,22,25). The number of hydrogen-bond acceptors (Lipinski definition) is 5. The van der Waals surface area contributed by atoms with Crippen LogP contribution in [-0.4, -0.2) is 40.0 Å². The monoisotopic (exact) mass is 351 g/mol. The largest absolute Gasteiger partial charge is 0.466 e. The molecular formula is C19H21N5O2. The van der Waals surface area contributed by atoms with Crippen LogP contribution in [0.4, 0.5) is 5.95 Å². The molecule has 1 aliphatic rings. The van der Waals surface area contributed by atoms with Crippen molar-refractivity contribution >= 4 is 11.9 Å². The van der Waals surface area contributed by atoms with E-state index in [0.717, 1.165) is 30.1 Å². The minimum Gasteiger partial charge on any atom is -0.466 e. The van der Waals surface area contributed by atoms with Crippen LogP contribution in [-0.2, 0) is 0 Å². The molecule has 7 heteroatoms. The van der Waals surface area contributed by atoms with Crippen molar-refractivity contribution in [1.82, 2.24) is 20.3 Å². The quantitative estimate of drug-likeness (QED) is 0.755. The molecule has 4 rings (SSSR count). The summed E-state index contributed by atoms with van der Waals surface area (Å²) in [5.74, 6) is 1.99. The first-order valence-corrected chi connectivity index (χ1v) is 8.70. The van der Waals surface area contributed by atoms with Crippen molar-refractivity contribution in [2.45, 2.75) is 26.3 Å². The smallest absolute Gasteiger partial charge is 0.255 e. The van der Waals surface area contributed by atoms with Crippen LogP contribution in [0.2, 0.25) is 0 Å². The Hall–Kier alpha value is -3.09. The summed E-state index contributed by atoms with van der Waals surface area (Å²) in [6.07, 6.45) is 4.50. The zero-order valence-electron chi connectivity index (χ0n) is 14.8. The number of aromatic amines is 1.